The predicted molar refractivity (Wildman–Crippen MR) is 82.6 cm³/mol. The zero-order valence-electron chi connectivity index (χ0n) is 12.3. The lowest BCUT2D eigenvalue weighted by atomic mass is 10.2. The Morgan fingerprint density at radius 1 is 1.33 bits per heavy atom. The number of β-amino-alcohol motifs (C(OH)–C–C–N with tert-alkyl or cyclic N) is 1. The van der Waals surface area contributed by atoms with Crippen LogP contribution >= 0.6 is 11.6 Å². The first kappa shape index (κ1) is 14.6. The standard InChI is InChI=1S/C15H21ClN4O/c1-12-9-18(6-7-21)11-20-5-4-19(15(12)20)10-13-2-3-14(16)17-8-13/h2-3,8,21H,4-7,9-11H2,1H3. The number of rotatable bonds is 4. The van der Waals surface area contributed by atoms with E-state index in [1.54, 1.807) is 0 Å². The van der Waals surface area contributed by atoms with Gasteiger partial charge in [0.25, 0.3) is 0 Å². The van der Waals surface area contributed by atoms with E-state index in [1.165, 1.54) is 17.0 Å². The van der Waals surface area contributed by atoms with Crippen molar-refractivity contribution < 1.29 is 5.11 Å². The molecule has 0 amide bonds. The summed E-state index contributed by atoms with van der Waals surface area (Å²) in [7, 11) is 0. The van der Waals surface area contributed by atoms with Gasteiger partial charge >= 0.3 is 0 Å². The maximum absolute atomic E-state index is 9.11. The molecular formula is C15H21ClN4O. The fourth-order valence-electron chi connectivity index (χ4n) is 3.19. The number of fused-ring (bicyclic) bond motifs is 1. The second-order valence-electron chi connectivity index (χ2n) is 5.70. The zero-order chi connectivity index (χ0) is 14.8. The number of hydrogen-bond donors (Lipinski definition) is 1. The molecule has 0 saturated carbocycles. The molecule has 2 aliphatic heterocycles. The van der Waals surface area contributed by atoms with Crippen molar-refractivity contribution in [1.82, 2.24) is 19.7 Å². The quantitative estimate of drug-likeness (QED) is 0.851. The smallest absolute Gasteiger partial charge is 0.129 e. The normalized spacial score (nSPS) is 19.4. The molecule has 2 aliphatic rings. The minimum atomic E-state index is 0.219. The second kappa shape index (κ2) is 6.22. The molecule has 0 unspecified atom stereocenters. The largest absolute Gasteiger partial charge is 0.395 e. The van der Waals surface area contributed by atoms with Gasteiger partial charge in [0, 0.05) is 38.9 Å². The molecule has 3 heterocycles. The average molecular weight is 309 g/mol. The Morgan fingerprint density at radius 3 is 2.90 bits per heavy atom. The van der Waals surface area contributed by atoms with Gasteiger partial charge < -0.3 is 14.9 Å². The molecule has 114 valence electrons. The van der Waals surface area contributed by atoms with E-state index in [0.29, 0.717) is 5.15 Å². The first-order valence-corrected chi connectivity index (χ1v) is 7.68. The number of halogens is 1. The summed E-state index contributed by atoms with van der Waals surface area (Å²) in [6.45, 7) is 7.92. The highest BCUT2D eigenvalue weighted by atomic mass is 35.5. The number of aliphatic hydroxyl groups is 1. The van der Waals surface area contributed by atoms with E-state index in [1.807, 2.05) is 18.3 Å². The lowest BCUT2D eigenvalue weighted by Crippen LogP contribution is -2.44. The van der Waals surface area contributed by atoms with Crippen molar-refractivity contribution in [2.75, 3.05) is 39.5 Å². The summed E-state index contributed by atoms with van der Waals surface area (Å²) in [5, 5.41) is 9.65. The summed E-state index contributed by atoms with van der Waals surface area (Å²) in [6, 6.07) is 3.88. The summed E-state index contributed by atoms with van der Waals surface area (Å²) < 4.78 is 0. The van der Waals surface area contributed by atoms with Crippen LogP contribution in [-0.2, 0) is 6.54 Å². The number of aromatic nitrogens is 1. The summed E-state index contributed by atoms with van der Waals surface area (Å²) in [4.78, 5) is 11.3. The molecule has 0 atom stereocenters. The number of pyridine rings is 1. The van der Waals surface area contributed by atoms with Crippen LogP contribution in [0.1, 0.15) is 12.5 Å². The van der Waals surface area contributed by atoms with E-state index in [-0.39, 0.29) is 6.61 Å². The topological polar surface area (TPSA) is 42.8 Å². The van der Waals surface area contributed by atoms with Crippen LogP contribution in [0.2, 0.25) is 5.15 Å². The second-order valence-corrected chi connectivity index (χ2v) is 6.08. The summed E-state index contributed by atoms with van der Waals surface area (Å²) in [5.41, 5.74) is 2.55. The molecule has 1 aromatic heterocycles. The van der Waals surface area contributed by atoms with Crippen LogP contribution in [0.3, 0.4) is 0 Å². The fourth-order valence-corrected chi connectivity index (χ4v) is 3.31. The van der Waals surface area contributed by atoms with E-state index >= 15 is 0 Å². The molecule has 0 bridgehead atoms. The molecule has 5 nitrogen and oxygen atoms in total. The van der Waals surface area contributed by atoms with Crippen LogP contribution in [0.25, 0.3) is 0 Å². The minimum absolute atomic E-state index is 0.219. The maximum Gasteiger partial charge on any atom is 0.129 e. The third-order valence-electron chi connectivity index (χ3n) is 4.03. The lowest BCUT2D eigenvalue weighted by molar-refractivity contribution is 0.125. The van der Waals surface area contributed by atoms with Gasteiger partial charge in [-0.1, -0.05) is 17.7 Å². The van der Waals surface area contributed by atoms with Gasteiger partial charge in [0.1, 0.15) is 11.0 Å². The van der Waals surface area contributed by atoms with Crippen LogP contribution < -0.4 is 0 Å². The SMILES string of the molecule is CC1=C2N(Cc3ccc(Cl)nc3)CCN2CN(CCO)C1. The van der Waals surface area contributed by atoms with Gasteiger partial charge in [-0.3, -0.25) is 4.90 Å². The molecule has 0 radical (unpaired) electrons. The Balaban J connectivity index is 1.73. The van der Waals surface area contributed by atoms with Crippen molar-refractivity contribution in [2.45, 2.75) is 13.5 Å². The van der Waals surface area contributed by atoms with E-state index in [9.17, 15) is 0 Å². The average Bonchev–Trinajstić information content (AvgIpc) is 2.85. The molecule has 0 spiro atoms. The van der Waals surface area contributed by atoms with Gasteiger partial charge in [0.2, 0.25) is 0 Å². The Bertz CT molecular complexity index is 531. The monoisotopic (exact) mass is 308 g/mol. The van der Waals surface area contributed by atoms with Crippen molar-refractivity contribution >= 4 is 11.6 Å². The van der Waals surface area contributed by atoms with Gasteiger partial charge in [-0.2, -0.15) is 0 Å². The highest BCUT2D eigenvalue weighted by Crippen LogP contribution is 2.28. The highest BCUT2D eigenvalue weighted by molar-refractivity contribution is 6.29. The van der Waals surface area contributed by atoms with E-state index < -0.39 is 0 Å². The van der Waals surface area contributed by atoms with Crippen LogP contribution in [-0.4, -0.2) is 64.2 Å². The molecule has 1 N–H and O–H groups in total. The van der Waals surface area contributed by atoms with Crippen LogP contribution in [0.15, 0.2) is 29.7 Å². The lowest BCUT2D eigenvalue weighted by Gasteiger charge is -2.37. The molecule has 1 saturated heterocycles. The number of nitrogens with zero attached hydrogens (tertiary/aromatic N) is 4. The van der Waals surface area contributed by atoms with Gasteiger partial charge in [0.05, 0.1) is 13.3 Å². The zero-order valence-corrected chi connectivity index (χ0v) is 13.1. The molecule has 1 fully saturated rings. The summed E-state index contributed by atoms with van der Waals surface area (Å²) in [6.07, 6.45) is 1.85. The van der Waals surface area contributed by atoms with Gasteiger partial charge in [-0.05, 0) is 24.1 Å². The molecule has 0 aromatic carbocycles. The molecule has 0 aliphatic carbocycles. The van der Waals surface area contributed by atoms with Crippen LogP contribution in [0.5, 0.6) is 0 Å². The van der Waals surface area contributed by atoms with Crippen molar-refractivity contribution in [1.29, 1.82) is 0 Å². The molecule has 21 heavy (non-hydrogen) atoms. The van der Waals surface area contributed by atoms with Gasteiger partial charge in [-0.15, -0.1) is 0 Å². The third-order valence-corrected chi connectivity index (χ3v) is 4.25. The Morgan fingerprint density at radius 2 is 2.19 bits per heavy atom. The van der Waals surface area contributed by atoms with Gasteiger partial charge in [0.15, 0.2) is 0 Å². The maximum atomic E-state index is 9.11. The molecule has 3 rings (SSSR count). The molecule has 6 heteroatoms. The predicted octanol–water partition coefficient (Wildman–Crippen LogP) is 1.35. The van der Waals surface area contributed by atoms with E-state index in [4.69, 9.17) is 16.7 Å². The van der Waals surface area contributed by atoms with E-state index in [0.717, 1.165) is 39.4 Å². The molecular weight excluding hydrogens is 288 g/mol. The first-order valence-electron chi connectivity index (χ1n) is 7.30. The van der Waals surface area contributed by atoms with Crippen molar-refractivity contribution in [3.8, 4) is 0 Å². The Kier molecular flexibility index (Phi) is 4.33. The van der Waals surface area contributed by atoms with Crippen molar-refractivity contribution in [2.24, 2.45) is 0 Å². The Labute approximate surface area is 130 Å². The van der Waals surface area contributed by atoms with Crippen LogP contribution in [0, 0.1) is 0 Å². The Hall–Kier alpha value is -1.30. The van der Waals surface area contributed by atoms with Crippen molar-refractivity contribution in [3.05, 3.63) is 40.4 Å². The summed E-state index contributed by atoms with van der Waals surface area (Å²) in [5.74, 6) is 1.35. The minimum Gasteiger partial charge on any atom is -0.395 e. The van der Waals surface area contributed by atoms with Gasteiger partial charge in [-0.25, -0.2) is 4.98 Å². The third kappa shape index (κ3) is 3.15. The highest BCUT2D eigenvalue weighted by Gasteiger charge is 2.31. The van der Waals surface area contributed by atoms with E-state index in [2.05, 4.69) is 26.6 Å². The van der Waals surface area contributed by atoms with Crippen molar-refractivity contribution in [3.63, 3.8) is 0 Å². The molecule has 1 aromatic rings. The number of hydrogen-bond acceptors (Lipinski definition) is 5. The van der Waals surface area contributed by atoms with Crippen LogP contribution in [0.4, 0.5) is 0 Å². The summed E-state index contributed by atoms with van der Waals surface area (Å²) >= 11 is 5.84. The first-order chi connectivity index (χ1) is 10.2. The number of aliphatic hydroxyl groups excluding tert-OH is 1. The fraction of sp³-hybridized carbons (Fsp3) is 0.533.